The average molecular weight is 384 g/mol. The molecule has 6 N–H and O–H groups in total. The number of nitrogen functional groups attached to an aromatic ring is 2. The SMILES string of the molecule is N#CNC1=NC(c2ccccc2OCC(F)F)c2c(nc(N)c(C#N)c2N)N1. The first-order chi connectivity index (χ1) is 13.5. The standard InChI is InChI=1S/C17H14F2N8O/c18-11(19)6-28-10-4-2-1-3-8(10)14-12-13(22)9(5-20)15(23)26-16(12)27-17(25-14)24-7-21/h1-4,11,14H,6H2,(H6,22,23,24,25,26,27). The number of nitrogens with zero attached hydrogens (tertiary/aromatic N) is 4. The Morgan fingerprint density at radius 1 is 1.29 bits per heavy atom. The third-order valence-electron chi connectivity index (χ3n) is 3.94. The van der Waals surface area contributed by atoms with E-state index in [1.54, 1.807) is 24.4 Å². The Hall–Kier alpha value is -4.12. The Kier molecular flexibility index (Phi) is 5.09. The van der Waals surface area contributed by atoms with Crippen molar-refractivity contribution in [2.45, 2.75) is 12.5 Å². The predicted octanol–water partition coefficient (Wildman–Crippen LogP) is 1.70. The summed E-state index contributed by atoms with van der Waals surface area (Å²) < 4.78 is 30.4. The molecule has 0 radical (unpaired) electrons. The molecular weight excluding hydrogens is 370 g/mol. The summed E-state index contributed by atoms with van der Waals surface area (Å²) in [6, 6.07) is 7.44. The molecule has 1 aliphatic rings. The van der Waals surface area contributed by atoms with Crippen LogP contribution in [0.25, 0.3) is 0 Å². The van der Waals surface area contributed by atoms with Crippen LogP contribution in [0.4, 0.5) is 26.1 Å². The maximum absolute atomic E-state index is 12.6. The second-order valence-corrected chi connectivity index (χ2v) is 5.64. The molecule has 11 heteroatoms. The number of aromatic nitrogens is 1. The maximum Gasteiger partial charge on any atom is 0.272 e. The number of nitriles is 2. The minimum absolute atomic E-state index is 0.0246. The number of nitrogens with one attached hydrogen (secondary N) is 2. The first kappa shape index (κ1) is 18.7. The lowest BCUT2D eigenvalue weighted by Gasteiger charge is -2.27. The molecule has 0 saturated carbocycles. The second kappa shape index (κ2) is 7.63. The molecule has 0 spiro atoms. The molecule has 0 fully saturated rings. The van der Waals surface area contributed by atoms with E-state index < -0.39 is 19.1 Å². The van der Waals surface area contributed by atoms with E-state index in [1.807, 2.05) is 6.07 Å². The van der Waals surface area contributed by atoms with Gasteiger partial charge in [0, 0.05) is 11.1 Å². The van der Waals surface area contributed by atoms with E-state index in [4.69, 9.17) is 21.5 Å². The molecule has 0 saturated heterocycles. The summed E-state index contributed by atoms with van der Waals surface area (Å²) in [5.41, 5.74) is 12.7. The molecule has 2 aromatic rings. The zero-order chi connectivity index (χ0) is 20.3. The summed E-state index contributed by atoms with van der Waals surface area (Å²) in [4.78, 5) is 8.50. The van der Waals surface area contributed by atoms with Crippen LogP contribution in [0.1, 0.15) is 22.7 Å². The van der Waals surface area contributed by atoms with E-state index in [9.17, 15) is 14.0 Å². The molecule has 142 valence electrons. The number of benzene rings is 1. The van der Waals surface area contributed by atoms with Crippen LogP contribution in [0, 0.1) is 22.8 Å². The van der Waals surface area contributed by atoms with Crippen LogP contribution in [0.2, 0.25) is 0 Å². The number of hydrogen-bond donors (Lipinski definition) is 4. The van der Waals surface area contributed by atoms with Crippen molar-refractivity contribution in [1.29, 1.82) is 10.5 Å². The molecule has 0 bridgehead atoms. The molecule has 28 heavy (non-hydrogen) atoms. The molecule has 0 aliphatic carbocycles. The van der Waals surface area contributed by atoms with Gasteiger partial charge >= 0.3 is 0 Å². The molecule has 3 rings (SSSR count). The number of pyridine rings is 1. The van der Waals surface area contributed by atoms with Gasteiger partial charge < -0.3 is 21.5 Å². The van der Waals surface area contributed by atoms with Crippen molar-refractivity contribution in [2.75, 3.05) is 23.4 Å². The number of ether oxygens (including phenoxy) is 1. The van der Waals surface area contributed by atoms with Crippen molar-refractivity contribution in [3.05, 3.63) is 41.0 Å². The number of nitrogens with two attached hydrogens (primary N) is 2. The van der Waals surface area contributed by atoms with Gasteiger partial charge in [-0.05, 0) is 6.07 Å². The number of rotatable bonds is 4. The highest BCUT2D eigenvalue weighted by Gasteiger charge is 2.31. The Balaban J connectivity index is 2.19. The fraction of sp³-hybridized carbons (Fsp3) is 0.176. The number of alkyl halides is 2. The van der Waals surface area contributed by atoms with Crippen LogP contribution in [-0.2, 0) is 0 Å². The van der Waals surface area contributed by atoms with Gasteiger partial charge in [0.1, 0.15) is 41.7 Å². The lowest BCUT2D eigenvalue weighted by atomic mass is 9.94. The number of guanidine groups is 1. The molecule has 9 nitrogen and oxygen atoms in total. The largest absolute Gasteiger partial charge is 0.487 e. The van der Waals surface area contributed by atoms with Crippen LogP contribution < -0.4 is 26.8 Å². The van der Waals surface area contributed by atoms with Gasteiger partial charge in [-0.3, -0.25) is 5.32 Å². The number of halogens is 2. The van der Waals surface area contributed by atoms with Crippen molar-refractivity contribution in [3.8, 4) is 18.0 Å². The summed E-state index contributed by atoms with van der Waals surface area (Å²) in [6.45, 7) is -0.805. The lowest BCUT2D eigenvalue weighted by molar-refractivity contribution is 0.0813. The molecule has 1 atom stereocenters. The van der Waals surface area contributed by atoms with E-state index in [1.165, 1.54) is 6.07 Å². The molecular formula is C17H14F2N8O. The van der Waals surface area contributed by atoms with Crippen LogP contribution in [0.3, 0.4) is 0 Å². The summed E-state index contributed by atoms with van der Waals surface area (Å²) in [6.07, 6.45) is -0.932. The highest BCUT2D eigenvalue weighted by Crippen LogP contribution is 2.43. The van der Waals surface area contributed by atoms with Crippen LogP contribution >= 0.6 is 0 Å². The third kappa shape index (κ3) is 3.41. The van der Waals surface area contributed by atoms with Crippen molar-refractivity contribution in [3.63, 3.8) is 0 Å². The monoisotopic (exact) mass is 384 g/mol. The summed E-state index contributed by atoms with van der Waals surface area (Å²) in [5, 5.41) is 23.4. The predicted molar refractivity (Wildman–Crippen MR) is 97.4 cm³/mol. The van der Waals surface area contributed by atoms with Gasteiger partial charge in [0.25, 0.3) is 6.43 Å². The molecule has 1 aromatic heterocycles. The fourth-order valence-corrected chi connectivity index (χ4v) is 2.80. The molecule has 1 unspecified atom stereocenters. The number of para-hydroxylation sites is 1. The molecule has 0 amide bonds. The topological polar surface area (TPSA) is 158 Å². The maximum atomic E-state index is 12.6. The zero-order valence-corrected chi connectivity index (χ0v) is 14.3. The van der Waals surface area contributed by atoms with E-state index in [-0.39, 0.29) is 34.6 Å². The van der Waals surface area contributed by atoms with Crippen molar-refractivity contribution >= 4 is 23.3 Å². The Labute approximate surface area is 158 Å². The smallest absolute Gasteiger partial charge is 0.272 e. The third-order valence-corrected chi connectivity index (χ3v) is 3.94. The van der Waals surface area contributed by atoms with Gasteiger partial charge in [-0.15, -0.1) is 0 Å². The van der Waals surface area contributed by atoms with Crippen LogP contribution in [0.5, 0.6) is 5.75 Å². The van der Waals surface area contributed by atoms with Gasteiger partial charge in [0.2, 0.25) is 5.96 Å². The minimum atomic E-state index is -2.66. The van der Waals surface area contributed by atoms with Crippen molar-refractivity contribution in [1.82, 2.24) is 10.3 Å². The summed E-state index contributed by atoms with van der Waals surface area (Å²) in [7, 11) is 0. The van der Waals surface area contributed by atoms with Gasteiger partial charge in [-0.2, -0.15) is 10.5 Å². The Bertz CT molecular complexity index is 1030. The minimum Gasteiger partial charge on any atom is -0.487 e. The summed E-state index contributed by atoms with van der Waals surface area (Å²) in [5.74, 6) is 0.316. The van der Waals surface area contributed by atoms with Crippen molar-refractivity contribution in [2.24, 2.45) is 4.99 Å². The van der Waals surface area contributed by atoms with Gasteiger partial charge in [-0.25, -0.2) is 18.8 Å². The van der Waals surface area contributed by atoms with Gasteiger partial charge in [0.15, 0.2) is 6.19 Å². The molecule has 2 heterocycles. The number of anilines is 3. The van der Waals surface area contributed by atoms with Crippen LogP contribution in [0.15, 0.2) is 29.3 Å². The zero-order valence-electron chi connectivity index (χ0n) is 14.3. The highest BCUT2D eigenvalue weighted by atomic mass is 19.3. The Morgan fingerprint density at radius 3 is 2.71 bits per heavy atom. The Morgan fingerprint density at radius 2 is 2.04 bits per heavy atom. The first-order valence-corrected chi connectivity index (χ1v) is 7.95. The highest BCUT2D eigenvalue weighted by molar-refractivity contribution is 5.98. The van der Waals surface area contributed by atoms with E-state index in [2.05, 4.69) is 20.6 Å². The number of hydrogen-bond acceptors (Lipinski definition) is 9. The fourth-order valence-electron chi connectivity index (χ4n) is 2.80. The molecule has 1 aliphatic heterocycles. The quantitative estimate of drug-likeness (QED) is 0.458. The summed E-state index contributed by atoms with van der Waals surface area (Å²) >= 11 is 0. The number of aliphatic imine (C=N–C) groups is 1. The lowest BCUT2D eigenvalue weighted by Crippen LogP contribution is -2.33. The van der Waals surface area contributed by atoms with E-state index in [0.717, 1.165) is 0 Å². The average Bonchev–Trinajstić information content (AvgIpc) is 2.66. The first-order valence-electron chi connectivity index (χ1n) is 7.95. The van der Waals surface area contributed by atoms with E-state index >= 15 is 0 Å². The van der Waals surface area contributed by atoms with Crippen molar-refractivity contribution < 1.29 is 13.5 Å². The second-order valence-electron chi connectivity index (χ2n) is 5.64. The van der Waals surface area contributed by atoms with Gasteiger partial charge in [-0.1, -0.05) is 18.2 Å². The molecule has 1 aromatic carbocycles. The van der Waals surface area contributed by atoms with Crippen LogP contribution in [-0.4, -0.2) is 24.0 Å². The normalized spacial score (nSPS) is 14.9. The number of fused-ring (bicyclic) bond motifs is 1. The van der Waals surface area contributed by atoms with E-state index in [0.29, 0.717) is 11.1 Å². The van der Waals surface area contributed by atoms with Gasteiger partial charge in [0.05, 0.1) is 5.69 Å².